The number of nitrogens with one attached hydrogen (secondary N) is 1. The third-order valence-corrected chi connectivity index (χ3v) is 3.36. The first-order valence-corrected chi connectivity index (χ1v) is 6.18. The molecule has 0 radical (unpaired) electrons. The summed E-state index contributed by atoms with van der Waals surface area (Å²) >= 11 is 0. The Morgan fingerprint density at radius 1 is 1.29 bits per heavy atom. The van der Waals surface area contributed by atoms with Gasteiger partial charge in [-0.25, -0.2) is 0 Å². The van der Waals surface area contributed by atoms with Gasteiger partial charge in [-0.1, -0.05) is 6.92 Å². The molecule has 1 fully saturated rings. The zero-order chi connectivity index (χ0) is 10.4. The highest BCUT2D eigenvalue weighted by molar-refractivity contribution is 4.74. The summed E-state index contributed by atoms with van der Waals surface area (Å²) in [6.07, 6.45) is 4.19. The minimum absolute atomic E-state index is 0.740. The monoisotopic (exact) mass is 198 g/mol. The molecule has 14 heavy (non-hydrogen) atoms. The van der Waals surface area contributed by atoms with E-state index in [1.165, 1.54) is 38.9 Å². The van der Waals surface area contributed by atoms with Gasteiger partial charge in [-0.2, -0.15) is 0 Å². The maximum absolute atomic E-state index is 3.42. The molecule has 2 nitrogen and oxygen atoms in total. The molecule has 0 amide bonds. The molecule has 1 aliphatic rings. The lowest BCUT2D eigenvalue weighted by Crippen LogP contribution is -2.39. The molecule has 1 N–H and O–H groups in total. The van der Waals surface area contributed by atoms with Crippen molar-refractivity contribution >= 4 is 0 Å². The molecule has 0 aromatic rings. The molecule has 0 aliphatic carbocycles. The molecule has 0 bridgehead atoms. The Morgan fingerprint density at radius 2 is 1.93 bits per heavy atom. The lowest BCUT2D eigenvalue weighted by Gasteiger charge is -2.34. The largest absolute Gasteiger partial charge is 0.317 e. The average molecular weight is 198 g/mol. The Bertz CT molecular complexity index is 137. The van der Waals surface area contributed by atoms with Crippen LogP contribution in [0.15, 0.2) is 0 Å². The van der Waals surface area contributed by atoms with E-state index >= 15 is 0 Å². The Hall–Kier alpha value is -0.0800. The van der Waals surface area contributed by atoms with E-state index in [0.717, 1.165) is 18.5 Å². The van der Waals surface area contributed by atoms with Crippen molar-refractivity contribution in [3.63, 3.8) is 0 Å². The summed E-state index contributed by atoms with van der Waals surface area (Å²) in [5, 5.41) is 3.42. The predicted molar refractivity (Wildman–Crippen MR) is 62.6 cm³/mol. The van der Waals surface area contributed by atoms with E-state index in [-0.39, 0.29) is 0 Å². The number of likely N-dealkylation sites (tertiary alicyclic amines) is 1. The maximum Gasteiger partial charge on any atom is 0.00385 e. The fraction of sp³-hybridized carbons (Fsp3) is 1.00. The van der Waals surface area contributed by atoms with E-state index in [0.29, 0.717) is 0 Å². The topological polar surface area (TPSA) is 15.3 Å². The summed E-state index contributed by atoms with van der Waals surface area (Å²) in [5.41, 5.74) is 0. The summed E-state index contributed by atoms with van der Waals surface area (Å²) in [6.45, 7) is 11.7. The molecule has 0 atom stereocenters. The quantitative estimate of drug-likeness (QED) is 0.681. The second-order valence-corrected chi connectivity index (χ2v) is 4.72. The van der Waals surface area contributed by atoms with E-state index in [2.05, 4.69) is 31.0 Å². The Morgan fingerprint density at radius 3 is 2.43 bits per heavy atom. The summed E-state index contributed by atoms with van der Waals surface area (Å²) in [7, 11) is 0. The summed E-state index contributed by atoms with van der Waals surface area (Å²) in [4.78, 5) is 2.60. The number of hydrogen-bond donors (Lipinski definition) is 1. The van der Waals surface area contributed by atoms with Crippen LogP contribution in [0.25, 0.3) is 0 Å². The number of piperidine rings is 1. The molecule has 1 saturated heterocycles. The Kier molecular flexibility index (Phi) is 5.49. The molecular formula is C12H26N2. The molecule has 1 aliphatic heterocycles. The van der Waals surface area contributed by atoms with Crippen LogP contribution in [0.5, 0.6) is 0 Å². The highest BCUT2D eigenvalue weighted by Gasteiger charge is 2.19. The molecule has 0 aromatic carbocycles. The smallest absolute Gasteiger partial charge is 0.00385 e. The highest BCUT2D eigenvalue weighted by atomic mass is 15.1. The minimum Gasteiger partial charge on any atom is -0.317 e. The zero-order valence-corrected chi connectivity index (χ0v) is 10.1. The predicted octanol–water partition coefficient (Wildman–Crippen LogP) is 2.11. The lowest BCUT2D eigenvalue weighted by atomic mass is 9.93. The van der Waals surface area contributed by atoms with Gasteiger partial charge in [0.1, 0.15) is 0 Å². The summed E-state index contributed by atoms with van der Waals surface area (Å²) < 4.78 is 0. The molecule has 0 unspecified atom stereocenters. The third kappa shape index (κ3) is 3.97. The number of rotatable bonds is 5. The van der Waals surface area contributed by atoms with Crippen molar-refractivity contribution in [3.05, 3.63) is 0 Å². The van der Waals surface area contributed by atoms with Gasteiger partial charge in [-0.05, 0) is 65.2 Å². The maximum atomic E-state index is 3.42. The molecule has 1 rings (SSSR count). The van der Waals surface area contributed by atoms with Crippen LogP contribution in [-0.4, -0.2) is 37.1 Å². The zero-order valence-electron chi connectivity index (χ0n) is 10.1. The van der Waals surface area contributed by atoms with E-state index in [4.69, 9.17) is 0 Å². The van der Waals surface area contributed by atoms with Crippen molar-refractivity contribution < 1.29 is 0 Å². The molecule has 84 valence electrons. The first-order chi connectivity index (χ1) is 6.74. The first-order valence-electron chi connectivity index (χ1n) is 6.18. The highest BCUT2D eigenvalue weighted by Crippen LogP contribution is 2.21. The van der Waals surface area contributed by atoms with Crippen LogP contribution >= 0.6 is 0 Å². The van der Waals surface area contributed by atoms with Gasteiger partial charge in [-0.15, -0.1) is 0 Å². The lowest BCUT2D eigenvalue weighted by molar-refractivity contribution is 0.145. The number of nitrogens with zero attached hydrogens (tertiary/aromatic N) is 1. The Balaban J connectivity index is 2.09. The summed E-state index contributed by atoms with van der Waals surface area (Å²) in [5.74, 6) is 0.976. The van der Waals surface area contributed by atoms with Gasteiger partial charge < -0.3 is 10.2 Å². The van der Waals surface area contributed by atoms with Gasteiger partial charge in [0.05, 0.1) is 0 Å². The molecule has 1 heterocycles. The van der Waals surface area contributed by atoms with Gasteiger partial charge in [0.2, 0.25) is 0 Å². The van der Waals surface area contributed by atoms with Crippen LogP contribution in [0.2, 0.25) is 0 Å². The normalized spacial score (nSPS) is 20.6. The van der Waals surface area contributed by atoms with E-state index in [1.54, 1.807) is 0 Å². The van der Waals surface area contributed by atoms with E-state index < -0.39 is 0 Å². The van der Waals surface area contributed by atoms with Gasteiger partial charge >= 0.3 is 0 Å². The van der Waals surface area contributed by atoms with Gasteiger partial charge in [0.15, 0.2) is 0 Å². The average Bonchev–Trinajstić information content (AvgIpc) is 2.19. The van der Waals surface area contributed by atoms with Crippen LogP contribution in [0.1, 0.15) is 40.0 Å². The van der Waals surface area contributed by atoms with Crippen molar-refractivity contribution in [2.75, 3.05) is 26.2 Å². The second kappa shape index (κ2) is 6.41. The van der Waals surface area contributed by atoms with Crippen LogP contribution in [0.4, 0.5) is 0 Å². The van der Waals surface area contributed by atoms with Crippen molar-refractivity contribution in [3.8, 4) is 0 Å². The molecule has 0 spiro atoms. The van der Waals surface area contributed by atoms with Crippen molar-refractivity contribution in [1.29, 1.82) is 0 Å². The standard InChI is InChI=1S/C12H26N2/c1-4-13-8-5-12-6-9-14(10-7-12)11(2)3/h11-13H,4-10H2,1-3H3. The van der Waals surface area contributed by atoms with E-state index in [9.17, 15) is 0 Å². The molecule has 0 aromatic heterocycles. The van der Waals surface area contributed by atoms with Crippen molar-refractivity contribution in [1.82, 2.24) is 10.2 Å². The van der Waals surface area contributed by atoms with Crippen LogP contribution in [0.3, 0.4) is 0 Å². The molecule has 0 saturated carbocycles. The fourth-order valence-electron chi connectivity index (χ4n) is 2.24. The van der Waals surface area contributed by atoms with Crippen LogP contribution < -0.4 is 5.32 Å². The van der Waals surface area contributed by atoms with Gasteiger partial charge in [0.25, 0.3) is 0 Å². The summed E-state index contributed by atoms with van der Waals surface area (Å²) in [6, 6.07) is 0.740. The SMILES string of the molecule is CCNCCC1CCN(C(C)C)CC1. The minimum atomic E-state index is 0.740. The number of hydrogen-bond acceptors (Lipinski definition) is 2. The second-order valence-electron chi connectivity index (χ2n) is 4.72. The van der Waals surface area contributed by atoms with Crippen molar-refractivity contribution in [2.45, 2.75) is 46.1 Å². The van der Waals surface area contributed by atoms with E-state index in [1.807, 2.05) is 0 Å². The molecule has 2 heteroatoms. The first kappa shape index (κ1) is 12.0. The van der Waals surface area contributed by atoms with Crippen LogP contribution in [0, 0.1) is 5.92 Å². The van der Waals surface area contributed by atoms with Gasteiger partial charge in [-0.3, -0.25) is 0 Å². The third-order valence-electron chi connectivity index (χ3n) is 3.36. The van der Waals surface area contributed by atoms with Crippen LogP contribution in [-0.2, 0) is 0 Å². The molecular weight excluding hydrogens is 172 g/mol. The van der Waals surface area contributed by atoms with Gasteiger partial charge in [0, 0.05) is 6.04 Å². The Labute approximate surface area is 89.1 Å². The fourth-order valence-corrected chi connectivity index (χ4v) is 2.24. The van der Waals surface area contributed by atoms with Crippen molar-refractivity contribution in [2.24, 2.45) is 5.92 Å².